The summed E-state index contributed by atoms with van der Waals surface area (Å²) in [6.45, 7) is 2.00. The van der Waals surface area contributed by atoms with Crippen LogP contribution in [0.4, 0.5) is 5.69 Å². The van der Waals surface area contributed by atoms with Gasteiger partial charge < -0.3 is 4.74 Å². The summed E-state index contributed by atoms with van der Waals surface area (Å²) in [7, 11) is 1.65. The van der Waals surface area contributed by atoms with Crippen LogP contribution in [0.2, 0.25) is 5.02 Å². The first-order chi connectivity index (χ1) is 14.6. The molecule has 0 bridgehead atoms. The summed E-state index contributed by atoms with van der Waals surface area (Å²) in [5.74, 6) is 0.806. The van der Waals surface area contributed by atoms with Crippen LogP contribution in [0.5, 0.6) is 5.75 Å². The van der Waals surface area contributed by atoms with Gasteiger partial charge in [0.1, 0.15) is 10.8 Å². The van der Waals surface area contributed by atoms with Crippen LogP contribution in [0, 0.1) is 6.92 Å². The van der Waals surface area contributed by atoms with Crippen molar-refractivity contribution in [1.29, 1.82) is 0 Å². The zero-order valence-corrected chi connectivity index (χ0v) is 18.2. The average Bonchev–Trinajstić information content (AvgIpc) is 3.09. The zero-order valence-electron chi connectivity index (χ0n) is 16.6. The molecular formula is C24H20ClN3OS. The summed E-state index contributed by atoms with van der Waals surface area (Å²) in [5, 5.41) is 6.51. The first-order valence-electron chi connectivity index (χ1n) is 9.40. The van der Waals surface area contributed by atoms with Crippen molar-refractivity contribution in [2.75, 3.05) is 7.11 Å². The lowest BCUT2D eigenvalue weighted by Gasteiger charge is -2.08. The Morgan fingerprint density at radius 3 is 2.33 bits per heavy atom. The molecule has 0 aliphatic heterocycles. The molecule has 0 amide bonds. The fourth-order valence-electron chi connectivity index (χ4n) is 2.93. The van der Waals surface area contributed by atoms with Crippen molar-refractivity contribution in [2.24, 2.45) is 4.99 Å². The highest BCUT2D eigenvalue weighted by Gasteiger charge is 2.16. The number of nitrogens with zero attached hydrogens (tertiary/aromatic N) is 3. The van der Waals surface area contributed by atoms with E-state index >= 15 is 0 Å². The Hall–Kier alpha value is -3.02. The number of para-hydroxylation sites is 1. The van der Waals surface area contributed by atoms with E-state index in [9.17, 15) is 0 Å². The molecule has 0 aliphatic carbocycles. The summed E-state index contributed by atoms with van der Waals surface area (Å²) >= 11 is 7.70. The molecule has 0 atom stereocenters. The summed E-state index contributed by atoms with van der Waals surface area (Å²) in [4.78, 5) is 5.75. The summed E-state index contributed by atoms with van der Waals surface area (Å²) in [6.07, 6.45) is 1.88. The lowest BCUT2D eigenvalue weighted by molar-refractivity contribution is 0.415. The van der Waals surface area contributed by atoms with Crippen LogP contribution in [-0.2, 0) is 0 Å². The molecule has 4 rings (SSSR count). The highest BCUT2D eigenvalue weighted by Crippen LogP contribution is 2.34. The van der Waals surface area contributed by atoms with Gasteiger partial charge in [-0.05, 0) is 67.6 Å². The van der Waals surface area contributed by atoms with Gasteiger partial charge in [-0.15, -0.1) is 0 Å². The Morgan fingerprint density at radius 1 is 0.967 bits per heavy atom. The quantitative estimate of drug-likeness (QED) is 0.316. The third kappa shape index (κ3) is 4.58. The first-order valence-corrected chi connectivity index (χ1v) is 10.6. The van der Waals surface area contributed by atoms with Gasteiger partial charge in [0.2, 0.25) is 0 Å². The molecule has 0 radical (unpaired) electrons. The molecule has 30 heavy (non-hydrogen) atoms. The van der Waals surface area contributed by atoms with E-state index in [4.69, 9.17) is 21.4 Å². The van der Waals surface area contributed by atoms with Crippen molar-refractivity contribution in [2.45, 2.75) is 16.8 Å². The minimum atomic E-state index is 0.716. The maximum Gasteiger partial charge on any atom is 0.119 e. The van der Waals surface area contributed by atoms with Crippen LogP contribution in [-0.4, -0.2) is 23.1 Å². The van der Waals surface area contributed by atoms with E-state index < -0.39 is 0 Å². The molecule has 3 aromatic carbocycles. The molecule has 1 heterocycles. The summed E-state index contributed by atoms with van der Waals surface area (Å²) in [6, 6.07) is 25.6. The van der Waals surface area contributed by atoms with Gasteiger partial charge in [0.15, 0.2) is 0 Å². The first kappa shape index (κ1) is 20.3. The number of methoxy groups -OCH3 is 1. The Bertz CT molecular complexity index is 1150. The molecule has 0 spiro atoms. The van der Waals surface area contributed by atoms with E-state index in [0.717, 1.165) is 38.3 Å². The second kappa shape index (κ2) is 9.20. The number of benzene rings is 3. The van der Waals surface area contributed by atoms with Crippen LogP contribution >= 0.6 is 23.4 Å². The molecule has 1 aromatic heterocycles. The monoisotopic (exact) mass is 433 g/mol. The second-order valence-electron chi connectivity index (χ2n) is 6.56. The number of ether oxygens (including phenoxy) is 1. The maximum atomic E-state index is 6.06. The molecule has 0 unspecified atom stereocenters. The zero-order chi connectivity index (χ0) is 20.9. The number of rotatable bonds is 6. The number of halogens is 1. The van der Waals surface area contributed by atoms with Gasteiger partial charge >= 0.3 is 0 Å². The van der Waals surface area contributed by atoms with E-state index in [1.807, 2.05) is 96.7 Å². The highest BCUT2D eigenvalue weighted by molar-refractivity contribution is 7.99. The van der Waals surface area contributed by atoms with Gasteiger partial charge in [-0.1, -0.05) is 41.6 Å². The van der Waals surface area contributed by atoms with Gasteiger partial charge in [-0.3, -0.25) is 4.99 Å². The van der Waals surface area contributed by atoms with Crippen molar-refractivity contribution in [1.82, 2.24) is 9.78 Å². The smallest absolute Gasteiger partial charge is 0.119 e. The molecule has 4 aromatic rings. The van der Waals surface area contributed by atoms with E-state index in [-0.39, 0.29) is 0 Å². The van der Waals surface area contributed by atoms with E-state index in [2.05, 4.69) is 4.99 Å². The Morgan fingerprint density at radius 2 is 1.67 bits per heavy atom. The minimum absolute atomic E-state index is 0.716. The lowest BCUT2D eigenvalue weighted by atomic mass is 10.2. The van der Waals surface area contributed by atoms with Crippen LogP contribution in [0.1, 0.15) is 11.3 Å². The summed E-state index contributed by atoms with van der Waals surface area (Å²) in [5.41, 5.74) is 3.74. The molecule has 150 valence electrons. The number of aromatic nitrogens is 2. The van der Waals surface area contributed by atoms with Gasteiger partial charge in [0.25, 0.3) is 0 Å². The van der Waals surface area contributed by atoms with Gasteiger partial charge in [0.05, 0.1) is 24.2 Å². The topological polar surface area (TPSA) is 39.4 Å². The predicted molar refractivity (Wildman–Crippen MR) is 124 cm³/mol. The van der Waals surface area contributed by atoms with Crippen molar-refractivity contribution in [3.63, 3.8) is 0 Å². The van der Waals surface area contributed by atoms with Crippen molar-refractivity contribution in [3.8, 4) is 11.4 Å². The standard InChI is InChI=1S/C24H20ClN3OS/c1-17-23(16-26-19-10-12-21(29-2)13-11-19)24(30-22-14-8-18(25)9-15-22)28(27-17)20-6-4-3-5-7-20/h3-16H,1-2H3. The van der Waals surface area contributed by atoms with Gasteiger partial charge in [0, 0.05) is 21.7 Å². The van der Waals surface area contributed by atoms with Gasteiger partial charge in [-0.25, -0.2) is 4.68 Å². The number of hydrogen-bond donors (Lipinski definition) is 0. The van der Waals surface area contributed by atoms with E-state index in [1.54, 1.807) is 18.9 Å². The van der Waals surface area contributed by atoms with Crippen LogP contribution in [0.25, 0.3) is 5.69 Å². The van der Waals surface area contributed by atoms with E-state index in [1.165, 1.54) is 0 Å². The van der Waals surface area contributed by atoms with E-state index in [0.29, 0.717) is 5.02 Å². The van der Waals surface area contributed by atoms with Crippen molar-refractivity contribution >= 4 is 35.3 Å². The number of aliphatic imine (C=N–C) groups is 1. The molecule has 0 aliphatic rings. The predicted octanol–water partition coefficient (Wildman–Crippen LogP) is 6.74. The SMILES string of the molecule is COc1ccc(N=Cc2c(C)nn(-c3ccccc3)c2Sc2ccc(Cl)cc2)cc1. The molecule has 6 heteroatoms. The molecule has 0 N–H and O–H groups in total. The average molecular weight is 434 g/mol. The van der Waals surface area contributed by atoms with Crippen LogP contribution < -0.4 is 4.74 Å². The van der Waals surface area contributed by atoms with Crippen molar-refractivity contribution < 1.29 is 4.74 Å². The second-order valence-corrected chi connectivity index (χ2v) is 8.06. The third-order valence-electron chi connectivity index (χ3n) is 4.51. The third-order valence-corrected chi connectivity index (χ3v) is 5.85. The Balaban J connectivity index is 1.75. The minimum Gasteiger partial charge on any atom is -0.497 e. The highest BCUT2D eigenvalue weighted by atomic mass is 35.5. The fourth-order valence-corrected chi connectivity index (χ4v) is 4.10. The lowest BCUT2D eigenvalue weighted by Crippen LogP contribution is -1.98. The Labute approximate surface area is 185 Å². The number of hydrogen-bond acceptors (Lipinski definition) is 4. The van der Waals surface area contributed by atoms with Crippen LogP contribution in [0.3, 0.4) is 0 Å². The molecule has 0 fully saturated rings. The molecular weight excluding hydrogens is 414 g/mol. The Kier molecular flexibility index (Phi) is 6.21. The number of aryl methyl sites for hydroxylation is 1. The maximum absolute atomic E-state index is 6.06. The largest absolute Gasteiger partial charge is 0.497 e. The fraction of sp³-hybridized carbons (Fsp3) is 0.0833. The van der Waals surface area contributed by atoms with Crippen LogP contribution in [0.15, 0.2) is 93.8 Å². The van der Waals surface area contributed by atoms with Crippen molar-refractivity contribution in [3.05, 3.63) is 95.1 Å². The van der Waals surface area contributed by atoms with Gasteiger partial charge in [-0.2, -0.15) is 5.10 Å². The molecule has 0 saturated heterocycles. The summed E-state index contributed by atoms with van der Waals surface area (Å²) < 4.78 is 7.18. The normalized spacial score (nSPS) is 11.2. The molecule has 4 nitrogen and oxygen atoms in total. The molecule has 0 saturated carbocycles.